The first-order chi connectivity index (χ1) is 15.2. The molecule has 0 spiro atoms. The van der Waals surface area contributed by atoms with Crippen LogP contribution in [0.2, 0.25) is 0 Å². The Bertz CT molecular complexity index is 914. The molecule has 2 amide bonds. The number of halogens is 1. The van der Waals surface area contributed by atoms with Crippen molar-refractivity contribution in [3.05, 3.63) is 30.1 Å². The van der Waals surface area contributed by atoms with Gasteiger partial charge in [-0.25, -0.2) is 12.8 Å². The zero-order valence-electron chi connectivity index (χ0n) is 19.0. The molecule has 9 heteroatoms. The summed E-state index contributed by atoms with van der Waals surface area (Å²) in [5.74, 6) is -1.42. The molecule has 1 aromatic rings. The Morgan fingerprint density at radius 1 is 1.12 bits per heavy atom. The predicted octanol–water partition coefficient (Wildman–Crippen LogP) is 3.20. The average molecular weight is 468 g/mol. The van der Waals surface area contributed by atoms with Gasteiger partial charge in [-0.05, 0) is 50.5 Å². The monoisotopic (exact) mass is 467 g/mol. The van der Waals surface area contributed by atoms with E-state index in [0.29, 0.717) is 12.1 Å². The Hall–Kier alpha value is -2.00. The Labute approximate surface area is 190 Å². The lowest BCUT2D eigenvalue weighted by atomic mass is 9.92. The topological polar surface area (TPSA) is 86.8 Å². The molecule has 2 fully saturated rings. The van der Waals surface area contributed by atoms with Crippen molar-refractivity contribution in [2.24, 2.45) is 0 Å². The van der Waals surface area contributed by atoms with Crippen molar-refractivity contribution in [2.45, 2.75) is 76.8 Å². The van der Waals surface area contributed by atoms with Gasteiger partial charge in [0.1, 0.15) is 11.4 Å². The Balaban J connectivity index is 1.93. The summed E-state index contributed by atoms with van der Waals surface area (Å²) in [6, 6.07) is 5.36. The van der Waals surface area contributed by atoms with E-state index in [0.717, 1.165) is 42.8 Å². The predicted molar refractivity (Wildman–Crippen MR) is 122 cm³/mol. The number of benzene rings is 1. The molecule has 1 saturated heterocycles. The normalized spacial score (nSPS) is 24.1. The minimum Gasteiger partial charge on any atom is -0.351 e. The van der Waals surface area contributed by atoms with Gasteiger partial charge in [0.25, 0.3) is 0 Å². The number of hydrogen-bond acceptors (Lipinski definition) is 4. The number of anilines is 1. The van der Waals surface area contributed by atoms with Gasteiger partial charge in [0.05, 0.1) is 12.3 Å². The average Bonchev–Trinajstić information content (AvgIpc) is 2.70. The fourth-order valence-corrected chi connectivity index (χ4v) is 6.21. The minimum atomic E-state index is -3.68. The lowest BCUT2D eigenvalue weighted by molar-refractivity contribution is -0.133. The standard InChI is InChI=1S/C23H34FN3O4S/c1-3-15-32(30,31)26-16-21(28)27(20-13-11-18(24)12-14-20)23(2,17-26)22(29)25-19-9-7-5-4-6-8-10-19/h11-14,19H,3-10,15-17H2,1-2H3,(H,25,29)/t23-/m1/s1. The second kappa shape index (κ2) is 10.3. The Morgan fingerprint density at radius 3 is 2.31 bits per heavy atom. The highest BCUT2D eigenvalue weighted by molar-refractivity contribution is 7.89. The molecule has 1 aromatic carbocycles. The molecular weight excluding hydrogens is 433 g/mol. The molecule has 0 radical (unpaired) electrons. The highest BCUT2D eigenvalue weighted by Gasteiger charge is 2.51. The second-order valence-corrected chi connectivity index (χ2v) is 11.2. The molecule has 1 saturated carbocycles. The van der Waals surface area contributed by atoms with Crippen LogP contribution < -0.4 is 10.2 Å². The van der Waals surface area contributed by atoms with Gasteiger partial charge in [0.2, 0.25) is 21.8 Å². The van der Waals surface area contributed by atoms with Crippen LogP contribution in [0, 0.1) is 5.82 Å². The molecule has 1 N–H and O–H groups in total. The van der Waals surface area contributed by atoms with E-state index in [1.54, 1.807) is 13.8 Å². The Kier molecular flexibility index (Phi) is 7.92. The third kappa shape index (κ3) is 5.49. The van der Waals surface area contributed by atoms with Crippen LogP contribution in [0.15, 0.2) is 24.3 Å². The molecule has 178 valence electrons. The summed E-state index contributed by atoms with van der Waals surface area (Å²) in [5.41, 5.74) is -1.07. The number of nitrogens with zero attached hydrogens (tertiary/aromatic N) is 2. The van der Waals surface area contributed by atoms with Gasteiger partial charge in [-0.1, -0.05) is 39.0 Å². The number of amides is 2. The molecule has 2 aliphatic rings. The number of hydrogen-bond donors (Lipinski definition) is 1. The molecule has 1 heterocycles. The molecule has 32 heavy (non-hydrogen) atoms. The van der Waals surface area contributed by atoms with Gasteiger partial charge in [-0.3, -0.25) is 14.5 Å². The maximum Gasteiger partial charge on any atom is 0.247 e. The molecule has 3 rings (SSSR count). The summed E-state index contributed by atoms with van der Waals surface area (Å²) in [6.07, 6.45) is 7.67. The van der Waals surface area contributed by atoms with E-state index in [-0.39, 0.29) is 30.8 Å². The van der Waals surface area contributed by atoms with E-state index >= 15 is 0 Å². The summed E-state index contributed by atoms with van der Waals surface area (Å²) in [4.78, 5) is 28.1. The first-order valence-electron chi connectivity index (χ1n) is 11.5. The van der Waals surface area contributed by atoms with Gasteiger partial charge >= 0.3 is 0 Å². The van der Waals surface area contributed by atoms with Crippen LogP contribution >= 0.6 is 0 Å². The van der Waals surface area contributed by atoms with Crippen molar-refractivity contribution in [3.63, 3.8) is 0 Å². The van der Waals surface area contributed by atoms with Crippen molar-refractivity contribution >= 4 is 27.5 Å². The van der Waals surface area contributed by atoms with Gasteiger partial charge in [-0.15, -0.1) is 0 Å². The fourth-order valence-electron chi connectivity index (χ4n) is 4.68. The lowest BCUT2D eigenvalue weighted by Crippen LogP contribution is -2.71. The van der Waals surface area contributed by atoms with E-state index in [4.69, 9.17) is 0 Å². The molecule has 0 bridgehead atoms. The molecule has 0 unspecified atom stereocenters. The van der Waals surface area contributed by atoms with Gasteiger partial charge in [-0.2, -0.15) is 4.31 Å². The van der Waals surface area contributed by atoms with E-state index in [1.807, 2.05) is 0 Å². The molecule has 1 aliphatic heterocycles. The van der Waals surface area contributed by atoms with Crippen molar-refractivity contribution in [2.75, 3.05) is 23.7 Å². The highest BCUT2D eigenvalue weighted by Crippen LogP contribution is 2.31. The van der Waals surface area contributed by atoms with Crippen molar-refractivity contribution in [1.29, 1.82) is 0 Å². The van der Waals surface area contributed by atoms with Crippen LogP contribution in [0.4, 0.5) is 10.1 Å². The van der Waals surface area contributed by atoms with E-state index in [2.05, 4.69) is 5.32 Å². The molecular formula is C23H34FN3O4S. The van der Waals surface area contributed by atoms with Crippen LogP contribution in [0.5, 0.6) is 0 Å². The second-order valence-electron chi connectivity index (χ2n) is 9.08. The number of nitrogens with one attached hydrogen (secondary N) is 1. The molecule has 1 atom stereocenters. The van der Waals surface area contributed by atoms with Gasteiger partial charge in [0.15, 0.2) is 0 Å². The van der Waals surface area contributed by atoms with Crippen LogP contribution in [0.3, 0.4) is 0 Å². The first kappa shape index (κ1) is 24.6. The maximum absolute atomic E-state index is 13.6. The number of carbonyl (C=O) groups excluding carboxylic acids is 2. The number of sulfonamides is 1. The van der Waals surface area contributed by atoms with Crippen molar-refractivity contribution in [3.8, 4) is 0 Å². The SMILES string of the molecule is CCCS(=O)(=O)N1CC(=O)N(c2ccc(F)cc2)[C@@](C)(C(=O)NC2CCCCCCC2)C1. The van der Waals surface area contributed by atoms with Crippen LogP contribution in [-0.2, 0) is 19.6 Å². The third-order valence-electron chi connectivity index (χ3n) is 6.41. The van der Waals surface area contributed by atoms with E-state index < -0.39 is 27.3 Å². The smallest absolute Gasteiger partial charge is 0.247 e. The van der Waals surface area contributed by atoms with Gasteiger partial charge < -0.3 is 5.32 Å². The molecule has 7 nitrogen and oxygen atoms in total. The number of piperazine rings is 1. The highest BCUT2D eigenvalue weighted by atomic mass is 32.2. The third-order valence-corrected chi connectivity index (χ3v) is 8.38. The van der Waals surface area contributed by atoms with E-state index in [1.165, 1.54) is 35.6 Å². The zero-order chi connectivity index (χ0) is 23.4. The van der Waals surface area contributed by atoms with Crippen molar-refractivity contribution in [1.82, 2.24) is 9.62 Å². The van der Waals surface area contributed by atoms with Crippen LogP contribution in [-0.4, -0.2) is 55.0 Å². The minimum absolute atomic E-state index is 0.00702. The lowest BCUT2D eigenvalue weighted by Gasteiger charge is -2.47. The fraction of sp³-hybridized carbons (Fsp3) is 0.652. The largest absolute Gasteiger partial charge is 0.351 e. The zero-order valence-corrected chi connectivity index (χ0v) is 19.8. The summed E-state index contributed by atoms with van der Waals surface area (Å²) >= 11 is 0. The number of carbonyl (C=O) groups is 2. The summed E-state index contributed by atoms with van der Waals surface area (Å²) < 4.78 is 40.2. The summed E-state index contributed by atoms with van der Waals surface area (Å²) in [7, 11) is -3.68. The van der Waals surface area contributed by atoms with Crippen molar-refractivity contribution < 1.29 is 22.4 Å². The Morgan fingerprint density at radius 2 is 1.72 bits per heavy atom. The van der Waals surface area contributed by atoms with Crippen LogP contribution in [0.1, 0.15) is 65.2 Å². The summed E-state index contributed by atoms with van der Waals surface area (Å²) in [6.45, 7) is 2.87. The van der Waals surface area contributed by atoms with Crippen LogP contribution in [0.25, 0.3) is 0 Å². The maximum atomic E-state index is 13.6. The molecule has 1 aliphatic carbocycles. The molecule has 0 aromatic heterocycles. The number of rotatable bonds is 6. The quantitative estimate of drug-likeness (QED) is 0.696. The van der Waals surface area contributed by atoms with Gasteiger partial charge in [0, 0.05) is 18.3 Å². The van der Waals surface area contributed by atoms with E-state index in [9.17, 15) is 22.4 Å². The summed E-state index contributed by atoms with van der Waals surface area (Å²) in [5, 5.41) is 3.10. The first-order valence-corrected chi connectivity index (χ1v) is 13.2.